The highest BCUT2D eigenvalue weighted by Crippen LogP contribution is 2.07. The zero-order valence-corrected chi connectivity index (χ0v) is 14.4. The van der Waals surface area contributed by atoms with E-state index in [-0.39, 0.29) is 6.42 Å². The number of unbranched alkanes of at least 4 members (excludes halogenated alkanes) is 3. The number of carboxylic acid groups (broad SMARTS) is 1. The zero-order valence-electron chi connectivity index (χ0n) is 14.4. The minimum Gasteiger partial charge on any atom is -0.513 e. The number of hydrogen-bond donors (Lipinski definition) is 2. The molecule has 0 unspecified atom stereocenters. The van der Waals surface area contributed by atoms with E-state index in [4.69, 9.17) is 5.11 Å². The molecule has 0 aromatic rings. The molecule has 0 aliphatic rings. The van der Waals surface area contributed by atoms with Crippen molar-refractivity contribution >= 4 is 5.97 Å². The van der Waals surface area contributed by atoms with Gasteiger partial charge in [-0.15, -0.1) is 0 Å². The van der Waals surface area contributed by atoms with E-state index in [0.29, 0.717) is 12.2 Å². The highest BCUT2D eigenvalue weighted by molar-refractivity contribution is 5.66. The Balaban J connectivity index is 3.56. The van der Waals surface area contributed by atoms with Crippen LogP contribution in [0.4, 0.5) is 0 Å². The van der Waals surface area contributed by atoms with Gasteiger partial charge in [-0.2, -0.15) is 0 Å². The lowest BCUT2D eigenvalue weighted by molar-refractivity contribution is -0.137. The molecule has 23 heavy (non-hydrogen) atoms. The van der Waals surface area contributed by atoms with E-state index in [1.54, 1.807) is 0 Å². The molecule has 0 radical (unpaired) electrons. The Morgan fingerprint density at radius 1 is 0.783 bits per heavy atom. The molecular weight excluding hydrogens is 288 g/mol. The van der Waals surface area contributed by atoms with Gasteiger partial charge in [0.25, 0.3) is 0 Å². The maximum Gasteiger partial charge on any atom is 0.303 e. The molecule has 0 heterocycles. The molecule has 0 amide bonds. The lowest BCUT2D eigenvalue weighted by Gasteiger charge is -1.97. The number of aliphatic carboxylic acids is 1. The first kappa shape index (κ1) is 21.2. The van der Waals surface area contributed by atoms with Crippen molar-refractivity contribution in [3.8, 4) is 0 Å². The summed E-state index contributed by atoms with van der Waals surface area (Å²) in [6, 6.07) is 0. The molecule has 0 saturated carbocycles. The number of aliphatic hydroxyl groups excluding tert-OH is 1. The molecule has 3 nitrogen and oxygen atoms in total. The third-order valence-electron chi connectivity index (χ3n) is 3.33. The standard InChI is InChI=1S/C20H32O3/c1-2-3-13-16-19(21)17-14-11-9-7-5-4-6-8-10-12-15-18-20(22)23/h4-5,8-11,17,21H,2-3,6-7,12-16,18H2,1H3,(H,22,23)/b5-4+,10-8+,11-9+,19-17-. The first-order valence-electron chi connectivity index (χ1n) is 8.71. The molecule has 0 atom stereocenters. The predicted molar refractivity (Wildman–Crippen MR) is 97.6 cm³/mol. The van der Waals surface area contributed by atoms with Crippen molar-refractivity contribution in [2.24, 2.45) is 0 Å². The van der Waals surface area contributed by atoms with Crippen molar-refractivity contribution in [3.63, 3.8) is 0 Å². The van der Waals surface area contributed by atoms with Crippen LogP contribution in [0, 0.1) is 0 Å². The van der Waals surface area contributed by atoms with Crippen LogP contribution in [0.25, 0.3) is 0 Å². The van der Waals surface area contributed by atoms with Gasteiger partial charge in [0.15, 0.2) is 0 Å². The van der Waals surface area contributed by atoms with Gasteiger partial charge in [-0.3, -0.25) is 4.79 Å². The second kappa shape index (κ2) is 16.6. The van der Waals surface area contributed by atoms with Gasteiger partial charge in [0.05, 0.1) is 5.76 Å². The topological polar surface area (TPSA) is 57.5 Å². The van der Waals surface area contributed by atoms with Gasteiger partial charge in [0.2, 0.25) is 0 Å². The lowest BCUT2D eigenvalue weighted by atomic mass is 10.1. The molecule has 0 bridgehead atoms. The third kappa shape index (κ3) is 18.2. The fraction of sp³-hybridized carbons (Fsp3) is 0.550. The van der Waals surface area contributed by atoms with Crippen LogP contribution >= 0.6 is 0 Å². The number of carboxylic acids is 1. The van der Waals surface area contributed by atoms with Crippen molar-refractivity contribution in [1.82, 2.24) is 0 Å². The Bertz CT molecular complexity index is 403. The summed E-state index contributed by atoms with van der Waals surface area (Å²) in [7, 11) is 0. The third-order valence-corrected chi connectivity index (χ3v) is 3.33. The molecule has 0 fully saturated rings. The molecule has 0 aliphatic carbocycles. The Hall–Kier alpha value is -1.77. The SMILES string of the molecule is CCCCC/C(O)=C/C/C=C/C/C=C/C/C=C/CCCC(=O)O. The second-order valence-electron chi connectivity index (χ2n) is 5.56. The van der Waals surface area contributed by atoms with E-state index in [0.717, 1.165) is 38.5 Å². The maximum atomic E-state index is 10.3. The highest BCUT2D eigenvalue weighted by atomic mass is 16.4. The molecular formula is C20H32O3. The van der Waals surface area contributed by atoms with Gasteiger partial charge in [0, 0.05) is 12.8 Å². The average molecular weight is 320 g/mol. The number of hydrogen-bond acceptors (Lipinski definition) is 2. The molecule has 0 aliphatic heterocycles. The molecule has 0 aromatic heterocycles. The van der Waals surface area contributed by atoms with Crippen molar-refractivity contribution in [1.29, 1.82) is 0 Å². The van der Waals surface area contributed by atoms with Crippen LogP contribution < -0.4 is 0 Å². The zero-order chi connectivity index (χ0) is 17.2. The van der Waals surface area contributed by atoms with Gasteiger partial charge < -0.3 is 10.2 Å². The van der Waals surface area contributed by atoms with E-state index < -0.39 is 5.97 Å². The minimum absolute atomic E-state index is 0.244. The molecule has 2 N–H and O–H groups in total. The summed E-state index contributed by atoms with van der Waals surface area (Å²) in [5.41, 5.74) is 0. The van der Waals surface area contributed by atoms with Crippen molar-refractivity contribution < 1.29 is 15.0 Å². The van der Waals surface area contributed by atoms with Crippen LogP contribution in [0.5, 0.6) is 0 Å². The summed E-state index contributed by atoms with van der Waals surface area (Å²) in [6.45, 7) is 2.16. The molecule has 0 aromatic carbocycles. The Labute approximate surface area is 141 Å². The quantitative estimate of drug-likeness (QED) is 0.231. The first-order chi connectivity index (χ1) is 11.2. The molecule has 0 saturated heterocycles. The summed E-state index contributed by atoms with van der Waals surface area (Å²) in [6.07, 6.45) is 22.9. The van der Waals surface area contributed by atoms with E-state index in [1.165, 1.54) is 12.8 Å². The Morgan fingerprint density at radius 2 is 1.39 bits per heavy atom. The minimum atomic E-state index is -0.728. The van der Waals surface area contributed by atoms with Crippen LogP contribution in [0.3, 0.4) is 0 Å². The highest BCUT2D eigenvalue weighted by Gasteiger charge is 1.93. The van der Waals surface area contributed by atoms with Crippen LogP contribution in [-0.4, -0.2) is 16.2 Å². The maximum absolute atomic E-state index is 10.3. The van der Waals surface area contributed by atoms with Crippen molar-refractivity contribution in [2.45, 2.75) is 71.1 Å². The lowest BCUT2D eigenvalue weighted by Crippen LogP contribution is -1.92. The second-order valence-corrected chi connectivity index (χ2v) is 5.56. The normalized spacial score (nSPS) is 12.8. The largest absolute Gasteiger partial charge is 0.513 e. The van der Waals surface area contributed by atoms with Gasteiger partial charge in [-0.1, -0.05) is 56.2 Å². The summed E-state index contributed by atoms with van der Waals surface area (Å²) in [4.78, 5) is 10.3. The van der Waals surface area contributed by atoms with E-state index in [2.05, 4.69) is 37.3 Å². The predicted octanol–water partition coefficient (Wildman–Crippen LogP) is 6.10. The van der Waals surface area contributed by atoms with Crippen LogP contribution in [0.2, 0.25) is 0 Å². The molecule has 130 valence electrons. The van der Waals surface area contributed by atoms with E-state index in [1.807, 2.05) is 12.2 Å². The Kier molecular flexibility index (Phi) is 15.3. The van der Waals surface area contributed by atoms with Gasteiger partial charge in [0.1, 0.15) is 0 Å². The van der Waals surface area contributed by atoms with Crippen molar-refractivity contribution in [2.75, 3.05) is 0 Å². The molecule has 0 rings (SSSR count). The average Bonchev–Trinajstić information content (AvgIpc) is 2.51. The Morgan fingerprint density at radius 3 is 2.00 bits per heavy atom. The van der Waals surface area contributed by atoms with E-state index in [9.17, 15) is 9.90 Å². The molecule has 0 spiro atoms. The van der Waals surface area contributed by atoms with Gasteiger partial charge in [-0.25, -0.2) is 0 Å². The monoisotopic (exact) mass is 320 g/mol. The van der Waals surface area contributed by atoms with Crippen LogP contribution in [0.1, 0.15) is 71.1 Å². The smallest absolute Gasteiger partial charge is 0.303 e. The van der Waals surface area contributed by atoms with Crippen LogP contribution in [0.15, 0.2) is 48.3 Å². The summed E-state index contributed by atoms with van der Waals surface area (Å²) in [5, 5.41) is 18.1. The number of aliphatic hydroxyl groups is 1. The fourth-order valence-electron chi connectivity index (χ4n) is 1.99. The van der Waals surface area contributed by atoms with Gasteiger partial charge in [-0.05, 0) is 44.6 Å². The number of rotatable bonds is 14. The summed E-state index contributed by atoms with van der Waals surface area (Å²) < 4.78 is 0. The molecule has 3 heteroatoms. The number of carbonyl (C=O) groups is 1. The summed E-state index contributed by atoms with van der Waals surface area (Å²) >= 11 is 0. The van der Waals surface area contributed by atoms with Crippen molar-refractivity contribution in [3.05, 3.63) is 48.3 Å². The fourth-order valence-corrected chi connectivity index (χ4v) is 1.99. The van der Waals surface area contributed by atoms with Gasteiger partial charge >= 0.3 is 5.97 Å². The number of allylic oxidation sites excluding steroid dienone is 8. The summed E-state index contributed by atoms with van der Waals surface area (Å²) in [5.74, 6) is -0.221. The van der Waals surface area contributed by atoms with Crippen LogP contribution in [-0.2, 0) is 4.79 Å². The first-order valence-corrected chi connectivity index (χ1v) is 8.71. The van der Waals surface area contributed by atoms with E-state index >= 15 is 0 Å².